The van der Waals surface area contributed by atoms with Crippen LogP contribution >= 0.6 is 0 Å². The largest absolute Gasteiger partial charge is 0.309 e. The number of nitrogens with zero attached hydrogens (tertiary/aromatic N) is 4. The van der Waals surface area contributed by atoms with Gasteiger partial charge in [0, 0.05) is 44.0 Å². The molecule has 0 fully saturated rings. The molecular formula is C56H36N4. The summed E-state index contributed by atoms with van der Waals surface area (Å²) >= 11 is 0. The number of aromatic nitrogens is 4. The van der Waals surface area contributed by atoms with E-state index in [0.717, 1.165) is 56.0 Å². The van der Waals surface area contributed by atoms with E-state index in [1.54, 1.807) is 0 Å². The third-order valence-corrected chi connectivity index (χ3v) is 11.9. The highest BCUT2D eigenvalue weighted by Gasteiger charge is 2.18. The smallest absolute Gasteiger partial charge is 0.0973 e. The summed E-state index contributed by atoms with van der Waals surface area (Å²) in [7, 11) is 0. The van der Waals surface area contributed by atoms with Crippen molar-refractivity contribution in [2.75, 3.05) is 0 Å². The van der Waals surface area contributed by atoms with Crippen molar-refractivity contribution >= 4 is 54.6 Å². The second-order valence-corrected chi connectivity index (χ2v) is 15.4. The van der Waals surface area contributed by atoms with Crippen LogP contribution in [-0.4, -0.2) is 19.1 Å². The minimum Gasteiger partial charge on any atom is -0.309 e. The van der Waals surface area contributed by atoms with E-state index in [-0.39, 0.29) is 0 Å². The predicted octanol–water partition coefficient (Wildman–Crippen LogP) is 14.5. The molecule has 0 spiro atoms. The highest BCUT2D eigenvalue weighted by Crippen LogP contribution is 2.40. The molecule has 0 radical (unpaired) electrons. The van der Waals surface area contributed by atoms with Gasteiger partial charge in [-0.1, -0.05) is 146 Å². The maximum Gasteiger partial charge on any atom is 0.0973 e. The number of benzene rings is 9. The quantitative estimate of drug-likeness (QED) is 0.169. The fourth-order valence-corrected chi connectivity index (χ4v) is 9.06. The number of para-hydroxylation sites is 4. The monoisotopic (exact) mass is 764 g/mol. The van der Waals surface area contributed by atoms with Crippen LogP contribution in [0.15, 0.2) is 218 Å². The van der Waals surface area contributed by atoms with Crippen molar-refractivity contribution in [1.29, 1.82) is 0 Å². The van der Waals surface area contributed by atoms with E-state index in [4.69, 9.17) is 9.97 Å². The molecule has 0 N–H and O–H groups in total. The van der Waals surface area contributed by atoms with Crippen LogP contribution in [0.25, 0.3) is 111 Å². The molecule has 0 aliphatic heterocycles. The van der Waals surface area contributed by atoms with Crippen LogP contribution in [0.5, 0.6) is 0 Å². The lowest BCUT2D eigenvalue weighted by atomic mass is 9.99. The normalized spacial score (nSPS) is 11.7. The predicted molar refractivity (Wildman–Crippen MR) is 250 cm³/mol. The van der Waals surface area contributed by atoms with Crippen LogP contribution in [-0.2, 0) is 0 Å². The molecule has 4 nitrogen and oxygen atoms in total. The number of rotatable bonds is 6. The van der Waals surface area contributed by atoms with Gasteiger partial charge in [-0.05, 0) is 95.1 Å². The molecule has 0 bridgehead atoms. The first kappa shape index (κ1) is 34.0. The fraction of sp³-hybridized carbons (Fsp3) is 0. The number of hydrogen-bond acceptors (Lipinski definition) is 2. The molecule has 9 aromatic carbocycles. The summed E-state index contributed by atoms with van der Waals surface area (Å²) < 4.78 is 4.78. The van der Waals surface area contributed by atoms with E-state index in [9.17, 15) is 0 Å². The second-order valence-electron chi connectivity index (χ2n) is 15.4. The van der Waals surface area contributed by atoms with E-state index in [2.05, 4.69) is 197 Å². The van der Waals surface area contributed by atoms with Crippen LogP contribution < -0.4 is 0 Å². The van der Waals surface area contributed by atoms with Crippen molar-refractivity contribution in [3.63, 3.8) is 0 Å². The van der Waals surface area contributed by atoms with Crippen LogP contribution in [0, 0.1) is 0 Å². The highest BCUT2D eigenvalue weighted by molar-refractivity contribution is 6.13. The van der Waals surface area contributed by atoms with Crippen molar-refractivity contribution < 1.29 is 0 Å². The van der Waals surface area contributed by atoms with Gasteiger partial charge in [0.2, 0.25) is 0 Å². The summed E-state index contributed by atoms with van der Waals surface area (Å²) in [5.41, 5.74) is 17.3. The lowest BCUT2D eigenvalue weighted by molar-refractivity contribution is 1.18. The molecule has 3 aromatic heterocycles. The molecule has 12 rings (SSSR count). The molecular weight excluding hydrogens is 729 g/mol. The summed E-state index contributed by atoms with van der Waals surface area (Å²) in [5.74, 6) is 0. The Bertz CT molecular complexity index is 3570. The molecule has 0 saturated carbocycles. The Labute approximate surface area is 346 Å². The highest BCUT2D eigenvalue weighted by atomic mass is 15.0. The minimum absolute atomic E-state index is 0.869. The van der Waals surface area contributed by atoms with Crippen LogP contribution in [0.1, 0.15) is 0 Å². The van der Waals surface area contributed by atoms with E-state index in [1.165, 1.54) is 54.8 Å². The lowest BCUT2D eigenvalue weighted by Crippen LogP contribution is -1.97. The first-order chi connectivity index (χ1) is 29.7. The standard InChI is InChI=1S/C56H36N4/c1-4-14-37(15-5-1)42-26-31-46-48-35-41(40-27-32-52-47(34-40)45-20-10-13-23-51(45)59(52)43-18-8-3-9-19-43)28-33-53(48)60(54(46)36-42)44-29-24-39(25-30-44)56-55(38-16-6-2-7-17-38)57-49-21-11-12-22-50(49)58-56/h1-36H. The van der Waals surface area contributed by atoms with Crippen molar-refractivity contribution in [2.45, 2.75) is 0 Å². The summed E-state index contributed by atoms with van der Waals surface area (Å²) in [5, 5.41) is 4.92. The average molecular weight is 765 g/mol. The summed E-state index contributed by atoms with van der Waals surface area (Å²) in [6, 6.07) is 78.0. The molecule has 0 aliphatic rings. The summed E-state index contributed by atoms with van der Waals surface area (Å²) in [6.07, 6.45) is 0. The second kappa shape index (κ2) is 13.8. The molecule has 0 saturated heterocycles. The molecule has 60 heavy (non-hydrogen) atoms. The first-order valence-corrected chi connectivity index (χ1v) is 20.4. The zero-order valence-electron chi connectivity index (χ0n) is 32.6. The maximum atomic E-state index is 5.18. The summed E-state index contributed by atoms with van der Waals surface area (Å²) in [4.78, 5) is 10.3. The van der Waals surface area contributed by atoms with Gasteiger partial charge in [0.05, 0.1) is 44.5 Å². The Hall–Kier alpha value is -8.08. The third kappa shape index (κ3) is 5.53. The molecule has 280 valence electrons. The maximum absolute atomic E-state index is 5.18. The van der Waals surface area contributed by atoms with Crippen molar-refractivity contribution in [3.8, 4) is 56.1 Å². The van der Waals surface area contributed by atoms with Crippen LogP contribution in [0.4, 0.5) is 0 Å². The Morgan fingerprint density at radius 2 is 0.667 bits per heavy atom. The topological polar surface area (TPSA) is 35.6 Å². The van der Waals surface area contributed by atoms with E-state index in [0.29, 0.717) is 0 Å². The van der Waals surface area contributed by atoms with Gasteiger partial charge in [-0.25, -0.2) is 9.97 Å². The minimum atomic E-state index is 0.869. The summed E-state index contributed by atoms with van der Waals surface area (Å²) in [6.45, 7) is 0. The van der Waals surface area contributed by atoms with Gasteiger partial charge >= 0.3 is 0 Å². The zero-order valence-corrected chi connectivity index (χ0v) is 32.6. The van der Waals surface area contributed by atoms with Gasteiger partial charge in [0.25, 0.3) is 0 Å². The van der Waals surface area contributed by atoms with Gasteiger partial charge in [-0.3, -0.25) is 0 Å². The Morgan fingerprint density at radius 1 is 0.250 bits per heavy atom. The SMILES string of the molecule is c1ccc(-c2ccc3c4cc(-c5ccc6c(c5)c5ccccc5n6-c5ccccc5)ccc4n(-c4ccc(-c5nc6ccccc6nc5-c5ccccc5)cc4)c3c2)cc1. The first-order valence-electron chi connectivity index (χ1n) is 20.4. The van der Waals surface area contributed by atoms with Gasteiger partial charge in [-0.2, -0.15) is 0 Å². The zero-order chi connectivity index (χ0) is 39.6. The molecule has 3 heterocycles. The van der Waals surface area contributed by atoms with E-state index < -0.39 is 0 Å². The Kier molecular flexibility index (Phi) is 7.82. The van der Waals surface area contributed by atoms with E-state index in [1.807, 2.05) is 30.3 Å². The van der Waals surface area contributed by atoms with Crippen LogP contribution in [0.2, 0.25) is 0 Å². The van der Waals surface area contributed by atoms with Gasteiger partial charge in [-0.15, -0.1) is 0 Å². The van der Waals surface area contributed by atoms with E-state index >= 15 is 0 Å². The molecule has 12 aromatic rings. The third-order valence-electron chi connectivity index (χ3n) is 11.9. The van der Waals surface area contributed by atoms with Gasteiger partial charge in [0.15, 0.2) is 0 Å². The fourth-order valence-electron chi connectivity index (χ4n) is 9.06. The Morgan fingerprint density at radius 3 is 1.30 bits per heavy atom. The average Bonchev–Trinajstić information content (AvgIpc) is 3.84. The molecule has 0 aliphatic carbocycles. The van der Waals surface area contributed by atoms with Gasteiger partial charge < -0.3 is 9.13 Å². The molecule has 0 amide bonds. The number of hydrogen-bond donors (Lipinski definition) is 0. The lowest BCUT2D eigenvalue weighted by Gasteiger charge is -2.13. The Balaban J connectivity index is 1.02. The van der Waals surface area contributed by atoms with Crippen molar-refractivity contribution in [3.05, 3.63) is 218 Å². The van der Waals surface area contributed by atoms with Crippen molar-refractivity contribution in [1.82, 2.24) is 19.1 Å². The molecule has 4 heteroatoms. The molecule has 0 atom stereocenters. The molecule has 0 unspecified atom stereocenters. The number of fused-ring (bicyclic) bond motifs is 7. The van der Waals surface area contributed by atoms with Gasteiger partial charge in [0.1, 0.15) is 0 Å². The van der Waals surface area contributed by atoms with Crippen LogP contribution in [0.3, 0.4) is 0 Å². The van der Waals surface area contributed by atoms with Crippen molar-refractivity contribution in [2.24, 2.45) is 0 Å².